The zero-order valence-corrected chi connectivity index (χ0v) is 7.61. The molecule has 1 aliphatic rings. The van der Waals surface area contributed by atoms with Gasteiger partial charge < -0.3 is 0 Å². The van der Waals surface area contributed by atoms with Gasteiger partial charge in [-0.2, -0.15) is 12.6 Å². The first-order valence-electron chi connectivity index (χ1n) is 2.96. The van der Waals surface area contributed by atoms with Crippen molar-refractivity contribution >= 4 is 36.3 Å². The zero-order valence-electron chi connectivity index (χ0n) is 5.90. The first kappa shape index (κ1) is 8.73. The smallest absolute Gasteiger partial charge is 0.294 e. The van der Waals surface area contributed by atoms with Gasteiger partial charge in [-0.3, -0.25) is 15.0 Å². The molecule has 62 valence electrons. The molecule has 11 heavy (non-hydrogen) atoms. The average Bonchev–Trinajstić information content (AvgIpc) is 2.24. The third-order valence-electron chi connectivity index (χ3n) is 1.37. The summed E-state index contributed by atoms with van der Waals surface area (Å²) >= 11 is 5.25. The SMILES string of the molecule is CSC1C(=O)NC(=O)N1CS. The van der Waals surface area contributed by atoms with Crippen molar-refractivity contribution in [2.75, 3.05) is 12.1 Å². The molecular weight excluding hydrogens is 184 g/mol. The summed E-state index contributed by atoms with van der Waals surface area (Å²) in [5, 5.41) is 1.79. The molecule has 1 aliphatic heterocycles. The largest absolute Gasteiger partial charge is 0.326 e. The molecule has 1 N–H and O–H groups in total. The van der Waals surface area contributed by atoms with Crippen LogP contribution in [0.15, 0.2) is 0 Å². The van der Waals surface area contributed by atoms with E-state index in [-0.39, 0.29) is 17.8 Å². The molecule has 0 aromatic heterocycles. The number of nitrogens with one attached hydrogen (secondary N) is 1. The van der Waals surface area contributed by atoms with Crippen LogP contribution in [0, 0.1) is 0 Å². The van der Waals surface area contributed by atoms with E-state index in [1.165, 1.54) is 16.7 Å². The second kappa shape index (κ2) is 3.36. The van der Waals surface area contributed by atoms with Gasteiger partial charge in [0.05, 0.1) is 5.88 Å². The van der Waals surface area contributed by atoms with Gasteiger partial charge in [0.1, 0.15) is 0 Å². The summed E-state index contributed by atoms with van der Waals surface area (Å²) in [4.78, 5) is 23.2. The molecular formula is C5H8N2O2S2. The number of rotatable bonds is 2. The van der Waals surface area contributed by atoms with E-state index < -0.39 is 5.37 Å². The maximum atomic E-state index is 11.0. The number of carbonyl (C=O) groups excluding carboxylic acids is 2. The molecule has 1 unspecified atom stereocenters. The van der Waals surface area contributed by atoms with Gasteiger partial charge in [-0.15, -0.1) is 11.8 Å². The fourth-order valence-corrected chi connectivity index (χ4v) is 1.96. The Morgan fingerprint density at radius 3 is 2.73 bits per heavy atom. The molecule has 1 atom stereocenters. The highest BCUT2D eigenvalue weighted by Crippen LogP contribution is 2.18. The highest BCUT2D eigenvalue weighted by molar-refractivity contribution is 7.99. The van der Waals surface area contributed by atoms with Crippen molar-refractivity contribution in [3.8, 4) is 0 Å². The predicted molar refractivity (Wildman–Crippen MR) is 46.5 cm³/mol. The standard InChI is InChI=1S/C5H8N2O2S2/c1-11-4-3(8)6-5(9)7(4)2-10/h4,10H,2H2,1H3,(H,6,8,9). The number of imide groups is 1. The normalized spacial score (nSPS) is 24.2. The van der Waals surface area contributed by atoms with E-state index >= 15 is 0 Å². The predicted octanol–water partition coefficient (Wildman–Crippen LogP) is 0.115. The third kappa shape index (κ3) is 1.46. The van der Waals surface area contributed by atoms with Gasteiger partial charge in [0.25, 0.3) is 5.91 Å². The van der Waals surface area contributed by atoms with Gasteiger partial charge in [0, 0.05) is 0 Å². The van der Waals surface area contributed by atoms with Crippen LogP contribution in [0.2, 0.25) is 0 Å². The Bertz CT molecular complexity index is 177. The van der Waals surface area contributed by atoms with Crippen molar-refractivity contribution in [3.63, 3.8) is 0 Å². The molecule has 0 aromatic carbocycles. The zero-order chi connectivity index (χ0) is 8.43. The number of thioether (sulfide) groups is 1. The van der Waals surface area contributed by atoms with Crippen LogP contribution in [0.1, 0.15) is 0 Å². The molecule has 1 heterocycles. The molecule has 0 aromatic rings. The highest BCUT2D eigenvalue weighted by Gasteiger charge is 2.36. The number of amides is 3. The summed E-state index contributed by atoms with van der Waals surface area (Å²) < 4.78 is 0. The number of urea groups is 1. The van der Waals surface area contributed by atoms with E-state index in [1.807, 2.05) is 0 Å². The minimum absolute atomic E-state index is 0.253. The molecule has 1 fully saturated rings. The van der Waals surface area contributed by atoms with Crippen LogP contribution >= 0.6 is 24.4 Å². The Labute approximate surface area is 74.1 Å². The minimum Gasteiger partial charge on any atom is -0.294 e. The lowest BCUT2D eigenvalue weighted by molar-refractivity contribution is -0.119. The van der Waals surface area contributed by atoms with Crippen LogP contribution in [0.4, 0.5) is 4.79 Å². The van der Waals surface area contributed by atoms with E-state index in [0.717, 1.165) is 0 Å². The first-order valence-corrected chi connectivity index (χ1v) is 4.88. The van der Waals surface area contributed by atoms with E-state index in [2.05, 4.69) is 17.9 Å². The molecule has 0 saturated carbocycles. The molecule has 1 saturated heterocycles. The molecule has 3 amide bonds. The van der Waals surface area contributed by atoms with Gasteiger partial charge in [0.2, 0.25) is 0 Å². The molecule has 0 aliphatic carbocycles. The number of hydrogen-bond donors (Lipinski definition) is 2. The van der Waals surface area contributed by atoms with E-state index in [9.17, 15) is 9.59 Å². The van der Waals surface area contributed by atoms with Crippen molar-refractivity contribution in [1.29, 1.82) is 0 Å². The Balaban J connectivity index is 2.74. The van der Waals surface area contributed by atoms with Crippen LogP contribution in [-0.4, -0.2) is 34.3 Å². The number of nitrogens with zero attached hydrogens (tertiary/aromatic N) is 1. The monoisotopic (exact) mass is 192 g/mol. The van der Waals surface area contributed by atoms with Crippen LogP contribution < -0.4 is 5.32 Å². The van der Waals surface area contributed by atoms with Crippen molar-refractivity contribution in [2.24, 2.45) is 0 Å². The first-order chi connectivity index (χ1) is 5.20. The molecule has 4 nitrogen and oxygen atoms in total. The number of hydrogen-bond acceptors (Lipinski definition) is 4. The Hall–Kier alpha value is -0.360. The van der Waals surface area contributed by atoms with E-state index in [0.29, 0.717) is 0 Å². The van der Waals surface area contributed by atoms with Gasteiger partial charge in [-0.1, -0.05) is 0 Å². The lowest BCUT2D eigenvalue weighted by Gasteiger charge is -2.16. The van der Waals surface area contributed by atoms with Crippen molar-refractivity contribution < 1.29 is 9.59 Å². The third-order valence-corrected chi connectivity index (χ3v) is 2.59. The second-order valence-electron chi connectivity index (χ2n) is 1.99. The second-order valence-corrected chi connectivity index (χ2v) is 3.19. The topological polar surface area (TPSA) is 49.4 Å². The Morgan fingerprint density at radius 1 is 1.73 bits per heavy atom. The fraction of sp³-hybridized carbons (Fsp3) is 0.600. The van der Waals surface area contributed by atoms with Gasteiger partial charge in [-0.25, -0.2) is 4.79 Å². The number of thiol groups is 1. The lowest BCUT2D eigenvalue weighted by Crippen LogP contribution is -2.31. The van der Waals surface area contributed by atoms with Crippen LogP contribution in [0.25, 0.3) is 0 Å². The molecule has 0 radical (unpaired) electrons. The van der Waals surface area contributed by atoms with Crippen LogP contribution in [0.5, 0.6) is 0 Å². The highest BCUT2D eigenvalue weighted by atomic mass is 32.2. The molecule has 6 heteroatoms. The van der Waals surface area contributed by atoms with E-state index in [4.69, 9.17) is 0 Å². The fourth-order valence-electron chi connectivity index (χ4n) is 0.860. The van der Waals surface area contributed by atoms with Crippen molar-refractivity contribution in [3.05, 3.63) is 0 Å². The molecule has 0 bridgehead atoms. The summed E-state index contributed by atoms with van der Waals surface area (Å²) in [7, 11) is 0. The van der Waals surface area contributed by atoms with E-state index in [1.54, 1.807) is 6.26 Å². The Morgan fingerprint density at radius 2 is 2.36 bits per heavy atom. The summed E-state index contributed by atoms with van der Waals surface area (Å²) in [6.45, 7) is 0. The van der Waals surface area contributed by atoms with Crippen molar-refractivity contribution in [1.82, 2.24) is 10.2 Å². The summed E-state index contributed by atoms with van der Waals surface area (Å²) in [5.74, 6) is 0.0138. The van der Waals surface area contributed by atoms with Gasteiger partial charge >= 0.3 is 6.03 Å². The molecule has 0 spiro atoms. The van der Waals surface area contributed by atoms with Crippen molar-refractivity contribution in [2.45, 2.75) is 5.37 Å². The van der Waals surface area contributed by atoms with Crippen LogP contribution in [0.3, 0.4) is 0 Å². The summed E-state index contributed by atoms with van der Waals surface area (Å²) in [6.07, 6.45) is 1.78. The van der Waals surface area contributed by atoms with Crippen LogP contribution in [-0.2, 0) is 4.79 Å². The Kier molecular flexibility index (Phi) is 2.67. The summed E-state index contributed by atoms with van der Waals surface area (Å²) in [5.41, 5.74) is 0. The maximum absolute atomic E-state index is 11.0. The summed E-state index contributed by atoms with van der Waals surface area (Å²) in [6, 6.07) is -0.357. The quantitative estimate of drug-likeness (QED) is 0.482. The minimum atomic E-state index is -0.403. The van der Waals surface area contributed by atoms with Gasteiger partial charge in [-0.05, 0) is 6.26 Å². The maximum Gasteiger partial charge on any atom is 0.326 e. The average molecular weight is 192 g/mol. The molecule has 1 rings (SSSR count). The number of carbonyl (C=O) groups is 2. The lowest BCUT2D eigenvalue weighted by atomic mass is 10.6. The van der Waals surface area contributed by atoms with Gasteiger partial charge in [0.15, 0.2) is 5.37 Å².